The average Bonchev–Trinajstić information content (AvgIpc) is 2.65. The smallest absolute Gasteiger partial charge is 0.243 e. The van der Waals surface area contributed by atoms with Crippen molar-refractivity contribution in [1.29, 1.82) is 0 Å². The summed E-state index contributed by atoms with van der Waals surface area (Å²) in [6, 6.07) is 3.92. The number of carbonyl (C=O) groups is 1. The molecule has 1 aromatic heterocycles. The largest absolute Gasteiger partial charge is 0.369 e. The van der Waals surface area contributed by atoms with Gasteiger partial charge >= 0.3 is 0 Å². The summed E-state index contributed by atoms with van der Waals surface area (Å²) in [7, 11) is 0. The maximum Gasteiger partial charge on any atom is 0.243 e. The second-order valence-electron chi connectivity index (χ2n) is 4.42. The van der Waals surface area contributed by atoms with Crippen LogP contribution in [-0.2, 0) is 4.79 Å². The van der Waals surface area contributed by atoms with Crippen molar-refractivity contribution in [3.63, 3.8) is 0 Å². The normalized spacial score (nSPS) is 20.1. The molecule has 0 radical (unpaired) electrons. The van der Waals surface area contributed by atoms with E-state index in [0.717, 1.165) is 12.8 Å². The van der Waals surface area contributed by atoms with Gasteiger partial charge in [0.25, 0.3) is 0 Å². The van der Waals surface area contributed by atoms with E-state index in [2.05, 4.69) is 10.3 Å². The topological polar surface area (TPSA) is 72.9 Å². The fourth-order valence-electron chi connectivity index (χ4n) is 2.42. The number of rotatable bonds is 1. The number of benzene rings is 1. The van der Waals surface area contributed by atoms with Gasteiger partial charge in [0.1, 0.15) is 11.9 Å². The molecule has 94 valence electrons. The number of nitrogens with one attached hydrogen (secondary N) is 1. The fraction of sp³-hybridized carbons (Fsp3) is 0.333. The van der Waals surface area contributed by atoms with Crippen molar-refractivity contribution in [2.75, 3.05) is 12.3 Å². The number of amides is 1. The molecular weight excluding hydrogens is 235 g/mol. The lowest BCUT2D eigenvalue weighted by molar-refractivity contribution is -0.125. The Balaban J connectivity index is 2.15. The Morgan fingerprint density at radius 3 is 3.11 bits per heavy atom. The zero-order valence-corrected chi connectivity index (χ0v) is 9.69. The third kappa shape index (κ3) is 1.61. The summed E-state index contributed by atoms with van der Waals surface area (Å²) in [6.07, 6.45) is 1.62. The highest BCUT2D eigenvalue weighted by Gasteiger charge is 2.27. The van der Waals surface area contributed by atoms with Gasteiger partial charge in [-0.1, -0.05) is 0 Å². The van der Waals surface area contributed by atoms with Crippen molar-refractivity contribution in [3.8, 4) is 0 Å². The summed E-state index contributed by atoms with van der Waals surface area (Å²) in [6.45, 7) is 0.691. The molecule has 1 aromatic carbocycles. The molecule has 3 rings (SSSR count). The molecule has 0 aliphatic carbocycles. The molecule has 2 heterocycles. The number of hydrogen-bond acceptors (Lipinski definition) is 3. The Hall–Kier alpha value is -2.11. The number of fused-ring (bicyclic) bond motifs is 1. The first-order valence-electron chi connectivity index (χ1n) is 5.87. The molecule has 1 atom stereocenters. The van der Waals surface area contributed by atoms with E-state index in [4.69, 9.17) is 5.73 Å². The molecule has 2 aromatic rings. The summed E-state index contributed by atoms with van der Waals surface area (Å²) in [5.41, 5.74) is 7.01. The third-order valence-electron chi connectivity index (χ3n) is 3.25. The highest BCUT2D eigenvalue weighted by molar-refractivity contribution is 5.86. The zero-order chi connectivity index (χ0) is 12.7. The number of imidazole rings is 1. The molecule has 1 aliphatic heterocycles. The molecule has 0 spiro atoms. The Morgan fingerprint density at radius 2 is 2.33 bits per heavy atom. The van der Waals surface area contributed by atoms with Crippen LogP contribution in [0.25, 0.3) is 11.0 Å². The minimum Gasteiger partial charge on any atom is -0.369 e. The van der Waals surface area contributed by atoms with Gasteiger partial charge in [-0.15, -0.1) is 0 Å². The molecule has 18 heavy (non-hydrogen) atoms. The first-order chi connectivity index (χ1) is 8.66. The predicted molar refractivity (Wildman–Crippen MR) is 65.4 cm³/mol. The maximum atomic E-state index is 13.1. The molecular formula is C12H13FN4O. The molecule has 1 fully saturated rings. The van der Waals surface area contributed by atoms with E-state index in [1.165, 1.54) is 12.1 Å². The second kappa shape index (κ2) is 3.97. The van der Waals surface area contributed by atoms with E-state index in [1.807, 2.05) is 0 Å². The van der Waals surface area contributed by atoms with Gasteiger partial charge in [0.05, 0.1) is 11.0 Å². The van der Waals surface area contributed by atoms with Crippen LogP contribution < -0.4 is 11.1 Å². The van der Waals surface area contributed by atoms with Crippen LogP contribution in [0.5, 0.6) is 0 Å². The van der Waals surface area contributed by atoms with Crippen molar-refractivity contribution in [2.45, 2.75) is 18.9 Å². The third-order valence-corrected chi connectivity index (χ3v) is 3.25. The number of halogens is 1. The quantitative estimate of drug-likeness (QED) is 0.796. The molecule has 0 saturated carbocycles. The number of nitrogens with zero attached hydrogens (tertiary/aromatic N) is 2. The second-order valence-corrected chi connectivity index (χ2v) is 4.42. The molecule has 0 bridgehead atoms. The van der Waals surface area contributed by atoms with Gasteiger partial charge in [-0.3, -0.25) is 9.36 Å². The number of hydrogen-bond donors (Lipinski definition) is 2. The molecule has 5 nitrogen and oxygen atoms in total. The Bertz CT molecular complexity index is 622. The van der Waals surface area contributed by atoms with Gasteiger partial charge in [0.15, 0.2) is 0 Å². The minimum absolute atomic E-state index is 0.0587. The number of carbonyl (C=O) groups excluding carboxylic acids is 1. The van der Waals surface area contributed by atoms with Gasteiger partial charge in [0, 0.05) is 12.6 Å². The SMILES string of the molecule is Nc1nc2cc(F)ccc2n1C1CCCNC1=O. The number of nitrogen functional groups attached to an aromatic ring is 1. The van der Waals surface area contributed by atoms with Crippen LogP contribution in [0.4, 0.5) is 10.3 Å². The van der Waals surface area contributed by atoms with Crippen molar-refractivity contribution in [1.82, 2.24) is 14.9 Å². The van der Waals surface area contributed by atoms with E-state index in [1.54, 1.807) is 10.6 Å². The number of aromatic nitrogens is 2. The molecule has 3 N–H and O–H groups in total. The highest BCUT2D eigenvalue weighted by atomic mass is 19.1. The lowest BCUT2D eigenvalue weighted by Crippen LogP contribution is -2.38. The summed E-state index contributed by atoms with van der Waals surface area (Å²) in [5.74, 6) is -0.172. The van der Waals surface area contributed by atoms with E-state index in [0.29, 0.717) is 17.6 Å². The molecule has 1 unspecified atom stereocenters. The first kappa shape index (κ1) is 11.0. The Kier molecular flexibility index (Phi) is 2.43. The lowest BCUT2D eigenvalue weighted by Gasteiger charge is -2.24. The minimum atomic E-state index is -0.361. The van der Waals surface area contributed by atoms with Crippen LogP contribution in [0.1, 0.15) is 18.9 Å². The Morgan fingerprint density at radius 1 is 1.50 bits per heavy atom. The first-order valence-corrected chi connectivity index (χ1v) is 5.87. The van der Waals surface area contributed by atoms with Crippen LogP contribution in [0.3, 0.4) is 0 Å². The van der Waals surface area contributed by atoms with E-state index in [9.17, 15) is 9.18 Å². The summed E-state index contributed by atoms with van der Waals surface area (Å²) >= 11 is 0. The van der Waals surface area contributed by atoms with Crippen molar-refractivity contribution in [2.24, 2.45) is 0 Å². The lowest BCUT2D eigenvalue weighted by atomic mass is 10.1. The van der Waals surface area contributed by atoms with Gasteiger partial charge in [-0.05, 0) is 25.0 Å². The fourth-order valence-corrected chi connectivity index (χ4v) is 2.42. The van der Waals surface area contributed by atoms with Crippen LogP contribution in [-0.4, -0.2) is 22.0 Å². The number of anilines is 1. The maximum absolute atomic E-state index is 13.1. The van der Waals surface area contributed by atoms with Crippen molar-refractivity contribution < 1.29 is 9.18 Å². The molecule has 6 heteroatoms. The van der Waals surface area contributed by atoms with E-state index in [-0.39, 0.29) is 23.7 Å². The van der Waals surface area contributed by atoms with Gasteiger partial charge in [0.2, 0.25) is 11.9 Å². The van der Waals surface area contributed by atoms with Crippen LogP contribution in [0, 0.1) is 5.82 Å². The van der Waals surface area contributed by atoms with Gasteiger partial charge in [-0.25, -0.2) is 9.37 Å². The molecule has 1 saturated heterocycles. The molecule has 1 aliphatic rings. The van der Waals surface area contributed by atoms with Crippen LogP contribution in [0.15, 0.2) is 18.2 Å². The number of nitrogens with two attached hydrogens (primary N) is 1. The standard InChI is InChI=1S/C12H13FN4O/c13-7-3-4-9-8(6-7)16-12(14)17(9)10-2-1-5-15-11(10)18/h3-4,6,10H,1-2,5H2,(H2,14,16)(H,15,18). The predicted octanol–water partition coefficient (Wildman–Crippen LogP) is 1.21. The zero-order valence-electron chi connectivity index (χ0n) is 9.69. The Labute approximate surface area is 103 Å². The number of piperidine rings is 1. The van der Waals surface area contributed by atoms with Crippen molar-refractivity contribution in [3.05, 3.63) is 24.0 Å². The highest BCUT2D eigenvalue weighted by Crippen LogP contribution is 2.27. The monoisotopic (exact) mass is 248 g/mol. The van der Waals surface area contributed by atoms with Gasteiger partial charge < -0.3 is 11.1 Å². The average molecular weight is 248 g/mol. The van der Waals surface area contributed by atoms with E-state index >= 15 is 0 Å². The summed E-state index contributed by atoms with van der Waals surface area (Å²) in [4.78, 5) is 16.0. The summed E-state index contributed by atoms with van der Waals surface area (Å²) in [5, 5.41) is 2.81. The van der Waals surface area contributed by atoms with E-state index < -0.39 is 0 Å². The molecule has 1 amide bonds. The van der Waals surface area contributed by atoms with Gasteiger partial charge in [-0.2, -0.15) is 0 Å². The van der Waals surface area contributed by atoms with Crippen LogP contribution in [0.2, 0.25) is 0 Å². The van der Waals surface area contributed by atoms with Crippen molar-refractivity contribution >= 4 is 22.9 Å². The van der Waals surface area contributed by atoms with Crippen LogP contribution >= 0.6 is 0 Å². The summed E-state index contributed by atoms with van der Waals surface area (Å²) < 4.78 is 14.8.